The third kappa shape index (κ3) is 3.20. The zero-order chi connectivity index (χ0) is 12.2. The quantitative estimate of drug-likeness (QED) is 0.720. The van der Waals surface area contributed by atoms with Gasteiger partial charge in [-0.2, -0.15) is 0 Å². The Morgan fingerprint density at radius 3 is 2.38 bits per heavy atom. The molecule has 1 saturated heterocycles. The minimum absolute atomic E-state index is 0.235. The molecule has 1 N–H and O–H groups in total. The van der Waals surface area contributed by atoms with E-state index in [4.69, 9.17) is 9.84 Å². The second-order valence-corrected chi connectivity index (χ2v) is 4.45. The number of aliphatic carboxylic acids is 1. The first-order valence-corrected chi connectivity index (χ1v) is 5.59. The van der Waals surface area contributed by atoms with Gasteiger partial charge in [0.25, 0.3) is 0 Å². The van der Waals surface area contributed by atoms with Crippen molar-refractivity contribution >= 4 is 11.9 Å². The summed E-state index contributed by atoms with van der Waals surface area (Å²) in [5, 5.41) is 9.04. The molecule has 1 rings (SSSR count). The van der Waals surface area contributed by atoms with Crippen LogP contribution in [0.2, 0.25) is 0 Å². The van der Waals surface area contributed by atoms with Crippen LogP contribution in [-0.2, 0) is 14.3 Å². The number of rotatable bonds is 4. The standard InChI is InChI=1S/C11H19NO4/c1-3-16-9(13)8-12-6-4-11(2,5-7-12)10(14)15/h3-8H2,1-2H3,(H,14,15). The van der Waals surface area contributed by atoms with E-state index in [1.807, 2.05) is 4.90 Å². The van der Waals surface area contributed by atoms with Gasteiger partial charge in [-0.05, 0) is 39.8 Å². The van der Waals surface area contributed by atoms with Crippen LogP contribution in [0.15, 0.2) is 0 Å². The normalized spacial score (nSPS) is 20.4. The number of carbonyl (C=O) groups excluding carboxylic acids is 1. The lowest BCUT2D eigenvalue weighted by atomic mass is 9.80. The molecule has 92 valence electrons. The molecule has 5 nitrogen and oxygen atoms in total. The maximum Gasteiger partial charge on any atom is 0.320 e. The molecule has 0 saturated carbocycles. The molecular formula is C11H19NO4. The highest BCUT2D eigenvalue weighted by Crippen LogP contribution is 2.30. The topological polar surface area (TPSA) is 66.8 Å². The zero-order valence-electron chi connectivity index (χ0n) is 9.86. The van der Waals surface area contributed by atoms with Crippen LogP contribution in [0.3, 0.4) is 0 Å². The highest BCUT2D eigenvalue weighted by Gasteiger charge is 2.37. The van der Waals surface area contributed by atoms with Gasteiger partial charge in [-0.25, -0.2) is 0 Å². The van der Waals surface area contributed by atoms with E-state index in [0.717, 1.165) is 0 Å². The Balaban J connectivity index is 2.37. The molecule has 1 aliphatic heterocycles. The fourth-order valence-corrected chi connectivity index (χ4v) is 1.81. The van der Waals surface area contributed by atoms with Crippen LogP contribution in [0, 0.1) is 5.41 Å². The SMILES string of the molecule is CCOC(=O)CN1CCC(C)(C(=O)O)CC1. The van der Waals surface area contributed by atoms with Crippen molar-refractivity contribution in [2.45, 2.75) is 26.7 Å². The number of carboxylic acid groups (broad SMARTS) is 1. The molecule has 0 aliphatic carbocycles. The molecule has 5 heteroatoms. The van der Waals surface area contributed by atoms with E-state index < -0.39 is 11.4 Å². The van der Waals surface area contributed by atoms with Gasteiger partial charge in [-0.3, -0.25) is 14.5 Å². The van der Waals surface area contributed by atoms with Crippen LogP contribution in [-0.4, -0.2) is 48.2 Å². The van der Waals surface area contributed by atoms with Crippen molar-refractivity contribution in [2.24, 2.45) is 5.41 Å². The number of carboxylic acids is 1. The summed E-state index contributed by atoms with van der Waals surface area (Å²) in [7, 11) is 0. The van der Waals surface area contributed by atoms with Crippen LogP contribution in [0.25, 0.3) is 0 Å². The largest absolute Gasteiger partial charge is 0.481 e. The molecule has 0 spiro atoms. The Morgan fingerprint density at radius 1 is 1.38 bits per heavy atom. The number of nitrogens with zero attached hydrogens (tertiary/aromatic N) is 1. The van der Waals surface area contributed by atoms with Crippen LogP contribution < -0.4 is 0 Å². The van der Waals surface area contributed by atoms with E-state index in [1.54, 1.807) is 13.8 Å². The average molecular weight is 229 g/mol. The summed E-state index contributed by atoms with van der Waals surface area (Å²) >= 11 is 0. The predicted molar refractivity (Wildman–Crippen MR) is 58.0 cm³/mol. The highest BCUT2D eigenvalue weighted by atomic mass is 16.5. The van der Waals surface area contributed by atoms with Gasteiger partial charge in [-0.1, -0.05) is 0 Å². The van der Waals surface area contributed by atoms with Crippen LogP contribution in [0.1, 0.15) is 26.7 Å². The molecule has 16 heavy (non-hydrogen) atoms. The Hall–Kier alpha value is -1.10. The second-order valence-electron chi connectivity index (χ2n) is 4.45. The molecule has 0 unspecified atom stereocenters. The monoisotopic (exact) mass is 229 g/mol. The number of hydrogen-bond acceptors (Lipinski definition) is 4. The summed E-state index contributed by atoms with van der Waals surface area (Å²) in [5.41, 5.74) is -0.634. The molecule has 0 amide bonds. The van der Waals surface area contributed by atoms with Crippen molar-refractivity contribution in [2.75, 3.05) is 26.2 Å². The molecule has 1 fully saturated rings. The van der Waals surface area contributed by atoms with Gasteiger partial charge >= 0.3 is 11.9 Å². The molecule has 1 aliphatic rings. The minimum Gasteiger partial charge on any atom is -0.481 e. The second kappa shape index (κ2) is 5.30. The maximum absolute atomic E-state index is 11.2. The molecular weight excluding hydrogens is 210 g/mol. The van der Waals surface area contributed by atoms with Gasteiger partial charge in [-0.15, -0.1) is 0 Å². The summed E-state index contributed by atoms with van der Waals surface area (Å²) in [6.45, 7) is 5.47. The number of likely N-dealkylation sites (tertiary alicyclic amines) is 1. The van der Waals surface area contributed by atoms with Crippen molar-refractivity contribution in [3.8, 4) is 0 Å². The van der Waals surface area contributed by atoms with Crippen LogP contribution in [0.4, 0.5) is 0 Å². The summed E-state index contributed by atoms with van der Waals surface area (Å²) < 4.78 is 4.85. The fourth-order valence-electron chi connectivity index (χ4n) is 1.81. The molecule has 0 aromatic rings. The molecule has 0 atom stereocenters. The molecule has 0 radical (unpaired) electrons. The van der Waals surface area contributed by atoms with Crippen molar-refractivity contribution in [1.29, 1.82) is 0 Å². The van der Waals surface area contributed by atoms with E-state index in [-0.39, 0.29) is 12.5 Å². The van der Waals surface area contributed by atoms with E-state index in [2.05, 4.69) is 0 Å². The van der Waals surface area contributed by atoms with Crippen molar-refractivity contribution in [1.82, 2.24) is 4.90 Å². The first-order valence-electron chi connectivity index (χ1n) is 5.59. The van der Waals surface area contributed by atoms with Crippen molar-refractivity contribution < 1.29 is 19.4 Å². The van der Waals surface area contributed by atoms with Crippen LogP contribution in [0.5, 0.6) is 0 Å². The summed E-state index contributed by atoms with van der Waals surface area (Å²) in [6.07, 6.45) is 1.17. The lowest BCUT2D eigenvalue weighted by Gasteiger charge is -2.35. The summed E-state index contributed by atoms with van der Waals surface area (Å²) in [5.74, 6) is -0.982. The van der Waals surface area contributed by atoms with Gasteiger partial charge in [0.05, 0.1) is 18.6 Å². The lowest BCUT2D eigenvalue weighted by molar-refractivity contribution is -0.151. The minimum atomic E-state index is -0.747. The molecule has 0 aromatic carbocycles. The first-order chi connectivity index (χ1) is 7.48. The Labute approximate surface area is 95.4 Å². The predicted octanol–water partition coefficient (Wildman–Crippen LogP) is 0.736. The Kier molecular flexibility index (Phi) is 4.29. The smallest absolute Gasteiger partial charge is 0.320 e. The lowest BCUT2D eigenvalue weighted by Crippen LogP contribution is -2.44. The summed E-state index contributed by atoms with van der Waals surface area (Å²) in [6, 6.07) is 0. The number of piperidine rings is 1. The van der Waals surface area contributed by atoms with Crippen molar-refractivity contribution in [3.05, 3.63) is 0 Å². The molecule has 1 heterocycles. The number of carbonyl (C=O) groups is 2. The van der Waals surface area contributed by atoms with Gasteiger partial charge in [0, 0.05) is 0 Å². The molecule has 0 aromatic heterocycles. The Morgan fingerprint density at radius 2 is 1.94 bits per heavy atom. The van der Waals surface area contributed by atoms with Gasteiger partial charge in [0.15, 0.2) is 0 Å². The average Bonchev–Trinajstić information content (AvgIpc) is 2.22. The van der Waals surface area contributed by atoms with E-state index in [0.29, 0.717) is 32.5 Å². The third-order valence-corrected chi connectivity index (χ3v) is 3.13. The maximum atomic E-state index is 11.2. The number of ether oxygens (including phenoxy) is 1. The van der Waals surface area contributed by atoms with E-state index in [1.165, 1.54) is 0 Å². The van der Waals surface area contributed by atoms with E-state index in [9.17, 15) is 9.59 Å². The van der Waals surface area contributed by atoms with Crippen LogP contribution >= 0.6 is 0 Å². The first kappa shape index (κ1) is 13.0. The van der Waals surface area contributed by atoms with E-state index >= 15 is 0 Å². The fraction of sp³-hybridized carbons (Fsp3) is 0.818. The molecule has 0 bridgehead atoms. The Bertz CT molecular complexity index is 269. The van der Waals surface area contributed by atoms with Gasteiger partial charge in [0.1, 0.15) is 0 Å². The summed E-state index contributed by atoms with van der Waals surface area (Å²) in [4.78, 5) is 24.2. The highest BCUT2D eigenvalue weighted by molar-refractivity contribution is 5.74. The van der Waals surface area contributed by atoms with Gasteiger partial charge < -0.3 is 9.84 Å². The number of hydrogen-bond donors (Lipinski definition) is 1. The van der Waals surface area contributed by atoms with Gasteiger partial charge in [0.2, 0.25) is 0 Å². The zero-order valence-corrected chi connectivity index (χ0v) is 9.86. The third-order valence-electron chi connectivity index (χ3n) is 3.13. The van der Waals surface area contributed by atoms with Crippen molar-refractivity contribution in [3.63, 3.8) is 0 Å². The number of esters is 1.